The molecule has 0 aromatic heterocycles. The molecule has 0 aliphatic heterocycles. The van der Waals surface area contributed by atoms with Crippen LogP contribution in [0.4, 0.5) is 0 Å². The Morgan fingerprint density at radius 2 is 1.71 bits per heavy atom. The SMILES string of the molecule is CO[C@]1(C)C=C[C@@](OC)(C(C)C)CC1. The predicted octanol–water partition coefficient (Wildman–Crippen LogP) is 2.78. The molecule has 1 aliphatic carbocycles. The number of hydrogen-bond acceptors (Lipinski definition) is 2. The fourth-order valence-corrected chi connectivity index (χ4v) is 1.98. The summed E-state index contributed by atoms with van der Waals surface area (Å²) in [5, 5.41) is 0. The third-order valence-corrected chi connectivity index (χ3v) is 3.55. The van der Waals surface area contributed by atoms with Crippen molar-refractivity contribution in [2.75, 3.05) is 14.2 Å². The maximum atomic E-state index is 5.64. The Hall–Kier alpha value is -0.340. The molecule has 2 nitrogen and oxygen atoms in total. The van der Waals surface area contributed by atoms with E-state index in [-0.39, 0.29) is 11.2 Å². The molecule has 0 aromatic rings. The monoisotopic (exact) mass is 198 g/mol. The summed E-state index contributed by atoms with van der Waals surface area (Å²) in [4.78, 5) is 0. The van der Waals surface area contributed by atoms with Gasteiger partial charge in [-0.3, -0.25) is 0 Å². The highest BCUT2D eigenvalue weighted by molar-refractivity contribution is 5.15. The van der Waals surface area contributed by atoms with E-state index in [1.165, 1.54) is 0 Å². The lowest BCUT2D eigenvalue weighted by atomic mass is 9.77. The molecule has 0 amide bonds. The molecule has 0 heterocycles. The van der Waals surface area contributed by atoms with Crippen LogP contribution in [0.25, 0.3) is 0 Å². The Balaban J connectivity index is 2.84. The summed E-state index contributed by atoms with van der Waals surface area (Å²) >= 11 is 0. The lowest BCUT2D eigenvalue weighted by Gasteiger charge is -2.41. The van der Waals surface area contributed by atoms with E-state index in [2.05, 4.69) is 32.9 Å². The Bertz CT molecular complexity index is 222. The van der Waals surface area contributed by atoms with Crippen molar-refractivity contribution in [2.24, 2.45) is 5.92 Å². The smallest absolute Gasteiger partial charge is 0.0883 e. The first kappa shape index (κ1) is 11.7. The fourth-order valence-electron chi connectivity index (χ4n) is 1.98. The minimum atomic E-state index is -0.100. The maximum absolute atomic E-state index is 5.64. The van der Waals surface area contributed by atoms with E-state index >= 15 is 0 Å². The number of ether oxygens (including phenoxy) is 2. The predicted molar refractivity (Wildman–Crippen MR) is 58.4 cm³/mol. The van der Waals surface area contributed by atoms with Crippen LogP contribution < -0.4 is 0 Å². The van der Waals surface area contributed by atoms with Crippen molar-refractivity contribution in [3.05, 3.63) is 12.2 Å². The first-order valence-electron chi connectivity index (χ1n) is 5.29. The van der Waals surface area contributed by atoms with Gasteiger partial charge in [-0.05, 0) is 25.7 Å². The van der Waals surface area contributed by atoms with Gasteiger partial charge in [-0.15, -0.1) is 0 Å². The van der Waals surface area contributed by atoms with Gasteiger partial charge in [0.1, 0.15) is 0 Å². The Labute approximate surface area is 87.3 Å². The molecule has 1 aliphatic rings. The van der Waals surface area contributed by atoms with Crippen LogP contribution in [0, 0.1) is 5.92 Å². The second kappa shape index (κ2) is 4.03. The Morgan fingerprint density at radius 3 is 2.00 bits per heavy atom. The van der Waals surface area contributed by atoms with Gasteiger partial charge in [0.15, 0.2) is 0 Å². The molecule has 0 radical (unpaired) electrons. The van der Waals surface area contributed by atoms with Crippen molar-refractivity contribution in [1.29, 1.82) is 0 Å². The van der Waals surface area contributed by atoms with E-state index in [0.717, 1.165) is 12.8 Å². The van der Waals surface area contributed by atoms with Gasteiger partial charge in [-0.2, -0.15) is 0 Å². The average Bonchev–Trinajstić information content (AvgIpc) is 2.19. The highest BCUT2D eigenvalue weighted by atomic mass is 16.5. The minimum Gasteiger partial charge on any atom is -0.374 e. The Kier molecular flexibility index (Phi) is 3.38. The second-order valence-corrected chi connectivity index (χ2v) is 4.66. The van der Waals surface area contributed by atoms with Crippen molar-refractivity contribution in [2.45, 2.75) is 44.8 Å². The molecule has 0 aromatic carbocycles. The molecule has 14 heavy (non-hydrogen) atoms. The quantitative estimate of drug-likeness (QED) is 0.649. The van der Waals surface area contributed by atoms with Gasteiger partial charge in [0.05, 0.1) is 11.2 Å². The standard InChI is InChI=1S/C12H22O2/c1-10(2)12(14-5)8-6-11(3,13-4)7-9-12/h6,8,10H,7,9H2,1-5H3/t11-,12+/m1/s1. The zero-order valence-corrected chi connectivity index (χ0v) is 9.96. The lowest BCUT2D eigenvalue weighted by Crippen LogP contribution is -2.42. The second-order valence-electron chi connectivity index (χ2n) is 4.66. The molecule has 1 rings (SSSR count). The highest BCUT2D eigenvalue weighted by Gasteiger charge is 2.38. The topological polar surface area (TPSA) is 18.5 Å². The molecule has 0 unspecified atom stereocenters. The lowest BCUT2D eigenvalue weighted by molar-refractivity contribution is -0.0510. The summed E-state index contributed by atoms with van der Waals surface area (Å²) in [6.45, 7) is 6.51. The van der Waals surface area contributed by atoms with Crippen molar-refractivity contribution >= 4 is 0 Å². The van der Waals surface area contributed by atoms with Crippen LogP contribution in [0.15, 0.2) is 12.2 Å². The summed E-state index contributed by atoms with van der Waals surface area (Å²) in [6.07, 6.45) is 6.36. The van der Waals surface area contributed by atoms with Crippen molar-refractivity contribution < 1.29 is 9.47 Å². The summed E-state index contributed by atoms with van der Waals surface area (Å²) < 4.78 is 11.1. The number of rotatable bonds is 3. The molecule has 0 fully saturated rings. The molecule has 0 saturated heterocycles. The zero-order chi connectivity index (χ0) is 10.8. The van der Waals surface area contributed by atoms with E-state index in [9.17, 15) is 0 Å². The van der Waals surface area contributed by atoms with Crippen LogP contribution in [0.5, 0.6) is 0 Å². The van der Waals surface area contributed by atoms with Crippen LogP contribution in [0.3, 0.4) is 0 Å². The molecule has 0 N–H and O–H groups in total. The van der Waals surface area contributed by atoms with Crippen molar-refractivity contribution in [3.8, 4) is 0 Å². The molecule has 82 valence electrons. The molecule has 0 spiro atoms. The minimum absolute atomic E-state index is 0.0853. The molecule has 2 atom stereocenters. The van der Waals surface area contributed by atoms with Gasteiger partial charge in [0.2, 0.25) is 0 Å². The first-order valence-corrected chi connectivity index (χ1v) is 5.29. The van der Waals surface area contributed by atoms with Gasteiger partial charge < -0.3 is 9.47 Å². The average molecular weight is 198 g/mol. The van der Waals surface area contributed by atoms with Gasteiger partial charge in [0.25, 0.3) is 0 Å². The third kappa shape index (κ3) is 2.01. The highest BCUT2D eigenvalue weighted by Crippen LogP contribution is 2.37. The maximum Gasteiger partial charge on any atom is 0.0883 e. The molecule has 0 bridgehead atoms. The van der Waals surface area contributed by atoms with Crippen molar-refractivity contribution in [3.63, 3.8) is 0 Å². The third-order valence-electron chi connectivity index (χ3n) is 3.55. The molecular weight excluding hydrogens is 176 g/mol. The van der Waals surface area contributed by atoms with Crippen LogP contribution in [0.1, 0.15) is 33.6 Å². The van der Waals surface area contributed by atoms with Gasteiger partial charge >= 0.3 is 0 Å². The largest absolute Gasteiger partial charge is 0.374 e. The molecule has 2 heteroatoms. The fraction of sp³-hybridized carbons (Fsp3) is 0.833. The summed E-state index contributed by atoms with van der Waals surface area (Å²) in [7, 11) is 3.55. The van der Waals surface area contributed by atoms with Crippen LogP contribution in [-0.4, -0.2) is 25.4 Å². The van der Waals surface area contributed by atoms with E-state index in [4.69, 9.17) is 9.47 Å². The van der Waals surface area contributed by atoms with E-state index in [1.54, 1.807) is 14.2 Å². The van der Waals surface area contributed by atoms with Crippen LogP contribution in [-0.2, 0) is 9.47 Å². The number of hydrogen-bond donors (Lipinski definition) is 0. The van der Waals surface area contributed by atoms with E-state index < -0.39 is 0 Å². The summed E-state index contributed by atoms with van der Waals surface area (Å²) in [5.74, 6) is 0.505. The van der Waals surface area contributed by atoms with E-state index in [1.807, 2.05) is 0 Å². The van der Waals surface area contributed by atoms with Gasteiger partial charge in [0, 0.05) is 14.2 Å². The van der Waals surface area contributed by atoms with Gasteiger partial charge in [-0.1, -0.05) is 26.0 Å². The molecule has 0 saturated carbocycles. The molecular formula is C12H22O2. The van der Waals surface area contributed by atoms with Gasteiger partial charge in [-0.25, -0.2) is 0 Å². The zero-order valence-electron chi connectivity index (χ0n) is 9.96. The summed E-state index contributed by atoms with van der Waals surface area (Å²) in [5.41, 5.74) is -0.186. The van der Waals surface area contributed by atoms with E-state index in [0.29, 0.717) is 5.92 Å². The first-order chi connectivity index (χ1) is 6.48. The Morgan fingerprint density at radius 1 is 1.07 bits per heavy atom. The van der Waals surface area contributed by atoms with Crippen LogP contribution in [0.2, 0.25) is 0 Å². The summed E-state index contributed by atoms with van der Waals surface area (Å²) in [6, 6.07) is 0. The number of methoxy groups -OCH3 is 2. The normalized spacial score (nSPS) is 37.9. The van der Waals surface area contributed by atoms with Crippen LogP contribution >= 0.6 is 0 Å². The van der Waals surface area contributed by atoms with Crippen molar-refractivity contribution in [1.82, 2.24) is 0 Å².